The fraction of sp³-hybridized carbons (Fsp3) is 0.500. The molecule has 1 heteroatoms. The Bertz CT molecular complexity index is 276. The summed E-state index contributed by atoms with van der Waals surface area (Å²) in [5.74, 6) is 0. The van der Waals surface area contributed by atoms with E-state index in [1.807, 2.05) is 0 Å². The predicted molar refractivity (Wildman–Crippen MR) is 56.0 cm³/mol. The highest BCUT2D eigenvalue weighted by Gasteiger charge is 2.17. The molecule has 0 N–H and O–H groups in total. The quantitative estimate of drug-likeness (QED) is 0.691. The minimum absolute atomic E-state index is 0.0634. The van der Waals surface area contributed by atoms with E-state index in [2.05, 4.69) is 45.0 Å². The molecule has 0 fully saturated rings. The van der Waals surface area contributed by atoms with Crippen LogP contribution in [0.3, 0.4) is 0 Å². The number of ether oxygens (including phenoxy) is 1. The van der Waals surface area contributed by atoms with E-state index < -0.39 is 0 Å². The molecule has 0 aromatic heterocycles. The molecule has 0 atom stereocenters. The molecule has 0 radical (unpaired) electrons. The summed E-state index contributed by atoms with van der Waals surface area (Å²) in [4.78, 5) is 0. The van der Waals surface area contributed by atoms with Crippen LogP contribution in [0.4, 0.5) is 0 Å². The molecule has 1 aromatic rings. The Morgan fingerprint density at radius 1 is 1.23 bits per heavy atom. The number of benzene rings is 1. The molecule has 0 heterocycles. The Morgan fingerprint density at radius 3 is 2.38 bits per heavy atom. The first-order chi connectivity index (χ1) is 6.05. The Morgan fingerprint density at radius 2 is 1.85 bits per heavy atom. The van der Waals surface area contributed by atoms with Gasteiger partial charge in [-0.3, -0.25) is 0 Å². The van der Waals surface area contributed by atoms with E-state index in [9.17, 15) is 0 Å². The SMILES string of the molecule is COC(C)(C)Cc1ccccc1C. The van der Waals surface area contributed by atoms with E-state index in [0.29, 0.717) is 0 Å². The summed E-state index contributed by atoms with van der Waals surface area (Å²) in [6.07, 6.45) is 0.968. The van der Waals surface area contributed by atoms with Gasteiger partial charge >= 0.3 is 0 Å². The van der Waals surface area contributed by atoms with Gasteiger partial charge in [-0.25, -0.2) is 0 Å². The number of aryl methyl sites for hydroxylation is 1. The standard InChI is InChI=1S/C12H18O/c1-10-7-5-6-8-11(10)9-12(2,3)13-4/h5-8H,9H2,1-4H3. The van der Waals surface area contributed by atoms with Crippen molar-refractivity contribution in [3.05, 3.63) is 35.4 Å². The fourth-order valence-electron chi connectivity index (χ4n) is 1.34. The molecule has 1 nitrogen and oxygen atoms in total. The lowest BCUT2D eigenvalue weighted by Gasteiger charge is -2.23. The maximum atomic E-state index is 5.40. The van der Waals surface area contributed by atoms with Gasteiger partial charge in [0.15, 0.2) is 0 Å². The van der Waals surface area contributed by atoms with Gasteiger partial charge in [-0.1, -0.05) is 24.3 Å². The number of hydrogen-bond acceptors (Lipinski definition) is 1. The highest BCUT2D eigenvalue weighted by molar-refractivity contribution is 5.26. The molecule has 0 saturated heterocycles. The Balaban J connectivity index is 2.80. The van der Waals surface area contributed by atoms with Crippen molar-refractivity contribution in [3.63, 3.8) is 0 Å². The second kappa shape index (κ2) is 3.93. The molecule has 0 unspecified atom stereocenters. The average Bonchev–Trinajstić information content (AvgIpc) is 2.09. The van der Waals surface area contributed by atoms with Gasteiger partial charge in [0.1, 0.15) is 0 Å². The zero-order valence-corrected chi connectivity index (χ0v) is 8.92. The summed E-state index contributed by atoms with van der Waals surface area (Å²) >= 11 is 0. The second-order valence-corrected chi connectivity index (χ2v) is 4.07. The number of methoxy groups -OCH3 is 1. The highest BCUT2D eigenvalue weighted by atomic mass is 16.5. The van der Waals surface area contributed by atoms with Crippen molar-refractivity contribution in [2.45, 2.75) is 32.8 Å². The third-order valence-corrected chi connectivity index (χ3v) is 2.43. The van der Waals surface area contributed by atoms with E-state index >= 15 is 0 Å². The predicted octanol–water partition coefficient (Wildman–Crippen LogP) is 2.96. The van der Waals surface area contributed by atoms with E-state index in [4.69, 9.17) is 4.74 Å². The molecule has 0 bridgehead atoms. The Labute approximate surface area is 80.7 Å². The molecule has 72 valence electrons. The normalized spacial score (nSPS) is 11.7. The minimum Gasteiger partial charge on any atom is -0.378 e. The first kappa shape index (κ1) is 10.3. The highest BCUT2D eigenvalue weighted by Crippen LogP contribution is 2.18. The first-order valence-corrected chi connectivity index (χ1v) is 4.65. The summed E-state index contributed by atoms with van der Waals surface area (Å²) in [5, 5.41) is 0. The van der Waals surface area contributed by atoms with Crippen molar-refractivity contribution < 1.29 is 4.74 Å². The molecule has 0 aliphatic heterocycles. The van der Waals surface area contributed by atoms with Crippen molar-refractivity contribution in [2.24, 2.45) is 0 Å². The third-order valence-electron chi connectivity index (χ3n) is 2.43. The fourth-order valence-corrected chi connectivity index (χ4v) is 1.34. The second-order valence-electron chi connectivity index (χ2n) is 4.07. The van der Waals surface area contributed by atoms with Crippen LogP contribution in [0.1, 0.15) is 25.0 Å². The lowest BCUT2D eigenvalue weighted by Crippen LogP contribution is -2.25. The van der Waals surface area contributed by atoms with Crippen LogP contribution in [0.5, 0.6) is 0 Å². The van der Waals surface area contributed by atoms with Crippen LogP contribution in [-0.2, 0) is 11.2 Å². The monoisotopic (exact) mass is 178 g/mol. The molecule has 0 aliphatic rings. The molecular formula is C12H18O. The van der Waals surface area contributed by atoms with Gasteiger partial charge < -0.3 is 4.74 Å². The molecular weight excluding hydrogens is 160 g/mol. The number of hydrogen-bond donors (Lipinski definition) is 0. The van der Waals surface area contributed by atoms with Crippen molar-refractivity contribution >= 4 is 0 Å². The molecule has 0 saturated carbocycles. The van der Waals surface area contributed by atoms with Crippen LogP contribution in [0.25, 0.3) is 0 Å². The van der Waals surface area contributed by atoms with Crippen LogP contribution in [0, 0.1) is 6.92 Å². The van der Waals surface area contributed by atoms with Gasteiger partial charge in [-0.2, -0.15) is 0 Å². The van der Waals surface area contributed by atoms with Crippen LogP contribution in [0.15, 0.2) is 24.3 Å². The third kappa shape index (κ3) is 2.85. The van der Waals surface area contributed by atoms with Gasteiger partial charge in [0.05, 0.1) is 5.60 Å². The Kier molecular flexibility index (Phi) is 3.10. The summed E-state index contributed by atoms with van der Waals surface area (Å²) in [7, 11) is 1.76. The molecule has 1 rings (SSSR count). The van der Waals surface area contributed by atoms with E-state index in [-0.39, 0.29) is 5.60 Å². The Hall–Kier alpha value is -0.820. The minimum atomic E-state index is -0.0634. The maximum absolute atomic E-state index is 5.40. The summed E-state index contributed by atoms with van der Waals surface area (Å²) in [5.41, 5.74) is 2.65. The molecule has 0 aliphatic carbocycles. The topological polar surface area (TPSA) is 9.23 Å². The van der Waals surface area contributed by atoms with Crippen LogP contribution >= 0.6 is 0 Å². The van der Waals surface area contributed by atoms with Gasteiger partial charge in [-0.15, -0.1) is 0 Å². The molecule has 0 spiro atoms. The van der Waals surface area contributed by atoms with Gasteiger partial charge in [-0.05, 0) is 31.9 Å². The van der Waals surface area contributed by atoms with E-state index in [1.54, 1.807) is 7.11 Å². The first-order valence-electron chi connectivity index (χ1n) is 4.65. The summed E-state index contributed by atoms with van der Waals surface area (Å²) in [6.45, 7) is 6.36. The summed E-state index contributed by atoms with van der Waals surface area (Å²) in [6, 6.07) is 8.45. The van der Waals surface area contributed by atoms with Crippen LogP contribution in [0.2, 0.25) is 0 Å². The molecule has 1 aromatic carbocycles. The van der Waals surface area contributed by atoms with Crippen LogP contribution in [-0.4, -0.2) is 12.7 Å². The van der Waals surface area contributed by atoms with Gasteiger partial charge in [0, 0.05) is 13.5 Å². The molecule has 13 heavy (non-hydrogen) atoms. The zero-order valence-electron chi connectivity index (χ0n) is 8.92. The van der Waals surface area contributed by atoms with Crippen molar-refractivity contribution in [1.82, 2.24) is 0 Å². The lowest BCUT2D eigenvalue weighted by atomic mass is 9.95. The molecule has 0 amide bonds. The lowest BCUT2D eigenvalue weighted by molar-refractivity contribution is 0.0231. The van der Waals surface area contributed by atoms with E-state index in [0.717, 1.165) is 6.42 Å². The van der Waals surface area contributed by atoms with Crippen molar-refractivity contribution in [2.75, 3.05) is 7.11 Å². The van der Waals surface area contributed by atoms with Crippen LogP contribution < -0.4 is 0 Å². The van der Waals surface area contributed by atoms with Gasteiger partial charge in [0.2, 0.25) is 0 Å². The van der Waals surface area contributed by atoms with E-state index in [1.165, 1.54) is 11.1 Å². The summed E-state index contributed by atoms with van der Waals surface area (Å²) < 4.78 is 5.40. The zero-order chi connectivity index (χ0) is 9.90. The van der Waals surface area contributed by atoms with Gasteiger partial charge in [0.25, 0.3) is 0 Å². The number of rotatable bonds is 3. The average molecular weight is 178 g/mol. The maximum Gasteiger partial charge on any atom is 0.0663 e. The largest absolute Gasteiger partial charge is 0.378 e. The van der Waals surface area contributed by atoms with Crippen molar-refractivity contribution in [3.8, 4) is 0 Å². The van der Waals surface area contributed by atoms with Crippen molar-refractivity contribution in [1.29, 1.82) is 0 Å². The smallest absolute Gasteiger partial charge is 0.0663 e.